The van der Waals surface area contributed by atoms with Gasteiger partial charge in [-0.2, -0.15) is 0 Å². The van der Waals surface area contributed by atoms with Crippen LogP contribution in [0.15, 0.2) is 35.1 Å². The Morgan fingerprint density at radius 1 is 1.19 bits per heavy atom. The molecule has 0 radical (unpaired) electrons. The minimum absolute atomic E-state index is 0.0230. The van der Waals surface area contributed by atoms with Crippen molar-refractivity contribution in [2.45, 2.75) is 6.92 Å². The van der Waals surface area contributed by atoms with Gasteiger partial charge >= 0.3 is 0 Å². The van der Waals surface area contributed by atoms with Crippen molar-refractivity contribution in [2.75, 3.05) is 7.11 Å². The van der Waals surface area contributed by atoms with Crippen LogP contribution in [0, 0.1) is 6.92 Å². The number of benzene rings is 1. The highest BCUT2D eigenvalue weighted by Crippen LogP contribution is 2.13. The van der Waals surface area contributed by atoms with Crippen molar-refractivity contribution in [3.63, 3.8) is 0 Å². The van der Waals surface area contributed by atoms with Crippen LogP contribution in [0.5, 0.6) is 5.75 Å². The van der Waals surface area contributed by atoms with E-state index in [1.807, 2.05) is 42.9 Å². The fourth-order valence-corrected chi connectivity index (χ4v) is 1.66. The van der Waals surface area contributed by atoms with Gasteiger partial charge in [-0.1, -0.05) is 0 Å². The molecule has 16 heavy (non-hydrogen) atoms. The Labute approximate surface area is 93.7 Å². The van der Waals surface area contributed by atoms with Gasteiger partial charge in [-0.3, -0.25) is 9.48 Å². The second-order valence-electron chi connectivity index (χ2n) is 3.66. The minimum atomic E-state index is -0.0230. The van der Waals surface area contributed by atoms with E-state index in [1.54, 1.807) is 17.9 Å². The first-order valence-corrected chi connectivity index (χ1v) is 5.03. The van der Waals surface area contributed by atoms with Crippen LogP contribution in [0.1, 0.15) is 5.69 Å². The predicted molar refractivity (Wildman–Crippen MR) is 62.3 cm³/mol. The lowest BCUT2D eigenvalue weighted by atomic mass is 10.3. The second-order valence-corrected chi connectivity index (χ2v) is 3.66. The average Bonchev–Trinajstić information content (AvgIpc) is 2.54. The van der Waals surface area contributed by atoms with Gasteiger partial charge in [0.2, 0.25) is 0 Å². The Bertz CT molecular complexity index is 549. The maximum atomic E-state index is 11.7. The smallest absolute Gasteiger partial charge is 0.271 e. The first kappa shape index (κ1) is 10.5. The number of aromatic nitrogens is 2. The highest BCUT2D eigenvalue weighted by Gasteiger charge is 2.06. The first-order chi connectivity index (χ1) is 7.63. The maximum absolute atomic E-state index is 11.7. The van der Waals surface area contributed by atoms with E-state index < -0.39 is 0 Å². The van der Waals surface area contributed by atoms with Gasteiger partial charge in [0.05, 0.1) is 12.8 Å². The van der Waals surface area contributed by atoms with E-state index in [0.717, 1.165) is 17.1 Å². The molecule has 0 amide bonds. The third-order valence-electron chi connectivity index (χ3n) is 2.67. The molecule has 0 aliphatic carbocycles. The van der Waals surface area contributed by atoms with Crippen LogP contribution >= 0.6 is 0 Å². The molecule has 0 saturated heterocycles. The van der Waals surface area contributed by atoms with Crippen LogP contribution in [0.25, 0.3) is 5.69 Å². The molecule has 0 spiro atoms. The normalized spacial score (nSPS) is 10.4. The number of hydrogen-bond acceptors (Lipinski definition) is 2. The van der Waals surface area contributed by atoms with Gasteiger partial charge in [0, 0.05) is 18.8 Å². The van der Waals surface area contributed by atoms with Gasteiger partial charge in [-0.25, -0.2) is 4.68 Å². The van der Waals surface area contributed by atoms with Crippen molar-refractivity contribution in [1.82, 2.24) is 9.36 Å². The molecule has 0 atom stereocenters. The third-order valence-corrected chi connectivity index (χ3v) is 2.67. The summed E-state index contributed by atoms with van der Waals surface area (Å²) in [5, 5.41) is 0. The van der Waals surface area contributed by atoms with Crippen molar-refractivity contribution in [2.24, 2.45) is 7.05 Å². The molecule has 0 saturated carbocycles. The van der Waals surface area contributed by atoms with Crippen molar-refractivity contribution in [3.05, 3.63) is 46.4 Å². The highest BCUT2D eigenvalue weighted by atomic mass is 16.5. The van der Waals surface area contributed by atoms with E-state index in [1.165, 1.54) is 0 Å². The number of hydrogen-bond donors (Lipinski definition) is 0. The van der Waals surface area contributed by atoms with Crippen LogP contribution in [0.4, 0.5) is 0 Å². The largest absolute Gasteiger partial charge is 0.497 e. The van der Waals surface area contributed by atoms with Crippen LogP contribution in [0.3, 0.4) is 0 Å². The third kappa shape index (κ3) is 1.62. The monoisotopic (exact) mass is 218 g/mol. The van der Waals surface area contributed by atoms with E-state index in [4.69, 9.17) is 4.74 Å². The molecule has 1 heterocycles. The van der Waals surface area contributed by atoms with E-state index in [2.05, 4.69) is 0 Å². The fourth-order valence-electron chi connectivity index (χ4n) is 1.66. The zero-order chi connectivity index (χ0) is 11.7. The zero-order valence-corrected chi connectivity index (χ0v) is 9.60. The summed E-state index contributed by atoms with van der Waals surface area (Å²) in [6.45, 7) is 1.90. The molecule has 0 fully saturated rings. The average molecular weight is 218 g/mol. The predicted octanol–water partition coefficient (Wildman–Crippen LogP) is 1.49. The molecule has 0 bridgehead atoms. The van der Waals surface area contributed by atoms with E-state index >= 15 is 0 Å². The Morgan fingerprint density at radius 2 is 1.81 bits per heavy atom. The van der Waals surface area contributed by atoms with Crippen molar-refractivity contribution in [3.8, 4) is 11.4 Å². The number of nitrogens with zero attached hydrogens (tertiary/aromatic N) is 2. The van der Waals surface area contributed by atoms with Crippen LogP contribution in [0.2, 0.25) is 0 Å². The number of methoxy groups -OCH3 is 1. The van der Waals surface area contributed by atoms with Crippen LogP contribution in [-0.4, -0.2) is 16.5 Å². The first-order valence-electron chi connectivity index (χ1n) is 5.03. The molecule has 1 aromatic heterocycles. The van der Waals surface area contributed by atoms with Gasteiger partial charge in [0.1, 0.15) is 5.75 Å². The zero-order valence-electron chi connectivity index (χ0n) is 9.60. The summed E-state index contributed by atoms with van der Waals surface area (Å²) in [6.07, 6.45) is 0. The number of aryl methyl sites for hydroxylation is 1. The molecular formula is C12H14N2O2. The molecule has 0 unspecified atom stereocenters. The van der Waals surface area contributed by atoms with E-state index in [0.29, 0.717) is 0 Å². The molecule has 2 rings (SSSR count). The summed E-state index contributed by atoms with van der Waals surface area (Å²) in [5.41, 5.74) is 1.74. The summed E-state index contributed by atoms with van der Waals surface area (Å²) in [4.78, 5) is 11.7. The van der Waals surface area contributed by atoms with Gasteiger partial charge in [0.25, 0.3) is 5.56 Å². The Kier molecular flexibility index (Phi) is 2.56. The standard InChI is InChI=1S/C12H14N2O2/c1-9-8-12(15)14(13(9)2)10-4-6-11(16-3)7-5-10/h4-8H,1-3H3. The molecule has 2 aromatic rings. The molecule has 4 heteroatoms. The molecule has 0 N–H and O–H groups in total. The quantitative estimate of drug-likeness (QED) is 0.765. The van der Waals surface area contributed by atoms with Crippen molar-refractivity contribution < 1.29 is 4.74 Å². The second kappa shape index (κ2) is 3.89. The molecule has 4 nitrogen and oxygen atoms in total. The lowest BCUT2D eigenvalue weighted by molar-refractivity contribution is 0.414. The van der Waals surface area contributed by atoms with Crippen LogP contribution < -0.4 is 10.3 Å². The van der Waals surface area contributed by atoms with E-state index in [-0.39, 0.29) is 5.56 Å². The van der Waals surface area contributed by atoms with Gasteiger partial charge in [0.15, 0.2) is 0 Å². The van der Waals surface area contributed by atoms with E-state index in [9.17, 15) is 4.79 Å². The summed E-state index contributed by atoms with van der Waals surface area (Å²) in [5.74, 6) is 0.780. The Balaban J connectivity index is 2.54. The van der Waals surface area contributed by atoms with Crippen LogP contribution in [-0.2, 0) is 7.05 Å². The maximum Gasteiger partial charge on any atom is 0.271 e. The SMILES string of the molecule is COc1ccc(-n2c(=O)cc(C)n2C)cc1. The number of rotatable bonds is 2. The molecule has 1 aromatic carbocycles. The van der Waals surface area contributed by atoms with Gasteiger partial charge in [-0.05, 0) is 31.2 Å². The fraction of sp³-hybridized carbons (Fsp3) is 0.250. The Morgan fingerprint density at radius 3 is 2.25 bits per heavy atom. The lowest BCUT2D eigenvalue weighted by Crippen LogP contribution is -2.19. The summed E-state index contributed by atoms with van der Waals surface area (Å²) < 4.78 is 8.52. The van der Waals surface area contributed by atoms with Crippen molar-refractivity contribution >= 4 is 0 Å². The molecular weight excluding hydrogens is 204 g/mol. The minimum Gasteiger partial charge on any atom is -0.497 e. The van der Waals surface area contributed by atoms with Gasteiger partial charge in [-0.15, -0.1) is 0 Å². The molecule has 0 aliphatic rings. The Hall–Kier alpha value is -1.97. The van der Waals surface area contributed by atoms with Gasteiger partial charge < -0.3 is 4.74 Å². The summed E-state index contributed by atoms with van der Waals surface area (Å²) in [7, 11) is 3.48. The topological polar surface area (TPSA) is 36.2 Å². The number of ether oxygens (including phenoxy) is 1. The highest BCUT2D eigenvalue weighted by molar-refractivity contribution is 5.37. The summed E-state index contributed by atoms with van der Waals surface area (Å²) >= 11 is 0. The summed E-state index contributed by atoms with van der Waals surface area (Å²) in [6, 6.07) is 9.01. The lowest BCUT2D eigenvalue weighted by Gasteiger charge is -2.08. The molecule has 0 aliphatic heterocycles. The molecule has 84 valence electrons. The van der Waals surface area contributed by atoms with Crippen molar-refractivity contribution in [1.29, 1.82) is 0 Å².